The third-order valence-electron chi connectivity index (χ3n) is 4.60. The van der Waals surface area contributed by atoms with Gasteiger partial charge in [-0.25, -0.2) is 0 Å². The van der Waals surface area contributed by atoms with Gasteiger partial charge >= 0.3 is 0 Å². The molecule has 0 aromatic carbocycles. The molecular formula is C15H29ClN2O2. The maximum absolute atomic E-state index is 12.3. The van der Waals surface area contributed by atoms with E-state index < -0.39 is 0 Å². The molecule has 118 valence electrons. The molecule has 0 aromatic heterocycles. The van der Waals surface area contributed by atoms with Crippen LogP contribution in [0.5, 0.6) is 0 Å². The highest BCUT2D eigenvalue weighted by Gasteiger charge is 2.31. The standard InChI is InChI=1S/C15H28N2O2.ClH/c1-10(2)12-5-4-6-13(9-12)17-15(18)14-11(3)19-8-7-16-14;/h10-14,16H,4-9H2,1-3H3,(H,17,18);1H/t11-,12?,13?,14+;/m1./s1. The van der Waals surface area contributed by atoms with Crippen molar-refractivity contribution < 1.29 is 9.53 Å². The Kier molecular flexibility index (Phi) is 7.27. The number of rotatable bonds is 3. The Balaban J connectivity index is 0.00000200. The van der Waals surface area contributed by atoms with E-state index in [1.54, 1.807) is 0 Å². The second-order valence-electron chi connectivity index (χ2n) is 6.38. The van der Waals surface area contributed by atoms with Crippen molar-refractivity contribution in [1.82, 2.24) is 10.6 Å². The van der Waals surface area contributed by atoms with Crippen LogP contribution < -0.4 is 10.6 Å². The summed E-state index contributed by atoms with van der Waals surface area (Å²) in [6.07, 6.45) is 4.77. The minimum Gasteiger partial charge on any atom is -0.375 e. The van der Waals surface area contributed by atoms with Crippen LogP contribution in [0.15, 0.2) is 0 Å². The Morgan fingerprint density at radius 1 is 1.35 bits per heavy atom. The summed E-state index contributed by atoms with van der Waals surface area (Å²) in [7, 11) is 0. The van der Waals surface area contributed by atoms with E-state index in [0.29, 0.717) is 12.6 Å². The first-order chi connectivity index (χ1) is 9.08. The summed E-state index contributed by atoms with van der Waals surface area (Å²) in [5, 5.41) is 6.48. The molecule has 2 fully saturated rings. The molecule has 5 heteroatoms. The zero-order valence-corrected chi connectivity index (χ0v) is 13.7. The molecule has 1 aliphatic carbocycles. The first-order valence-corrected chi connectivity index (χ1v) is 7.73. The molecule has 4 nitrogen and oxygen atoms in total. The molecule has 0 radical (unpaired) electrons. The van der Waals surface area contributed by atoms with Crippen LogP contribution in [-0.2, 0) is 9.53 Å². The quantitative estimate of drug-likeness (QED) is 0.840. The van der Waals surface area contributed by atoms with E-state index in [4.69, 9.17) is 4.74 Å². The van der Waals surface area contributed by atoms with Crippen LogP contribution in [0.1, 0.15) is 46.5 Å². The summed E-state index contributed by atoms with van der Waals surface area (Å²) >= 11 is 0. The van der Waals surface area contributed by atoms with Crippen molar-refractivity contribution in [2.24, 2.45) is 11.8 Å². The molecule has 20 heavy (non-hydrogen) atoms. The van der Waals surface area contributed by atoms with Crippen molar-refractivity contribution in [3.05, 3.63) is 0 Å². The van der Waals surface area contributed by atoms with E-state index in [-0.39, 0.29) is 30.5 Å². The first-order valence-electron chi connectivity index (χ1n) is 7.73. The molecule has 1 saturated carbocycles. The summed E-state index contributed by atoms with van der Waals surface area (Å²) in [6.45, 7) is 8.00. The lowest BCUT2D eigenvalue weighted by atomic mass is 9.79. The summed E-state index contributed by atoms with van der Waals surface area (Å²) < 4.78 is 5.54. The third-order valence-corrected chi connectivity index (χ3v) is 4.60. The number of morpholine rings is 1. The molecule has 2 unspecified atom stereocenters. The summed E-state index contributed by atoms with van der Waals surface area (Å²) in [6, 6.07) is 0.165. The lowest BCUT2D eigenvalue weighted by molar-refractivity contribution is -0.130. The molecule has 2 N–H and O–H groups in total. The second-order valence-corrected chi connectivity index (χ2v) is 6.38. The number of nitrogens with one attached hydrogen (secondary N) is 2. The van der Waals surface area contributed by atoms with Crippen LogP contribution in [0.25, 0.3) is 0 Å². The van der Waals surface area contributed by atoms with Crippen molar-refractivity contribution in [2.45, 2.75) is 64.6 Å². The van der Waals surface area contributed by atoms with Gasteiger partial charge < -0.3 is 15.4 Å². The highest BCUT2D eigenvalue weighted by molar-refractivity contribution is 5.85. The van der Waals surface area contributed by atoms with E-state index in [1.165, 1.54) is 12.8 Å². The van der Waals surface area contributed by atoms with Crippen molar-refractivity contribution in [3.63, 3.8) is 0 Å². The van der Waals surface area contributed by atoms with Gasteiger partial charge in [0.1, 0.15) is 6.04 Å². The van der Waals surface area contributed by atoms with Gasteiger partial charge in [-0.15, -0.1) is 12.4 Å². The smallest absolute Gasteiger partial charge is 0.240 e. The number of carbonyl (C=O) groups is 1. The lowest BCUT2D eigenvalue weighted by Gasteiger charge is -2.35. The lowest BCUT2D eigenvalue weighted by Crippen LogP contribution is -2.57. The highest BCUT2D eigenvalue weighted by atomic mass is 35.5. The Hall–Kier alpha value is -0.320. The van der Waals surface area contributed by atoms with Gasteiger partial charge in [-0.2, -0.15) is 0 Å². The Labute approximate surface area is 128 Å². The van der Waals surface area contributed by atoms with E-state index >= 15 is 0 Å². The summed E-state index contributed by atoms with van der Waals surface area (Å²) in [4.78, 5) is 12.3. The number of halogens is 1. The summed E-state index contributed by atoms with van der Waals surface area (Å²) in [5.74, 6) is 1.59. The van der Waals surface area contributed by atoms with Crippen LogP contribution in [-0.4, -0.2) is 37.2 Å². The molecule has 2 rings (SSSR count). The maximum atomic E-state index is 12.3. The van der Waals surface area contributed by atoms with Crippen LogP contribution in [0.4, 0.5) is 0 Å². The topological polar surface area (TPSA) is 50.4 Å². The predicted octanol–water partition coefficient (Wildman–Crippen LogP) is 2.12. The average Bonchev–Trinajstić information content (AvgIpc) is 2.39. The van der Waals surface area contributed by atoms with Crippen LogP contribution in [0.3, 0.4) is 0 Å². The van der Waals surface area contributed by atoms with Gasteiger partial charge in [0, 0.05) is 12.6 Å². The zero-order chi connectivity index (χ0) is 13.8. The first kappa shape index (κ1) is 17.7. The van der Waals surface area contributed by atoms with Gasteiger partial charge in [0.25, 0.3) is 0 Å². The number of carbonyl (C=O) groups excluding carboxylic acids is 1. The Morgan fingerprint density at radius 3 is 2.75 bits per heavy atom. The molecule has 1 saturated heterocycles. The van der Waals surface area contributed by atoms with Gasteiger partial charge in [0.05, 0.1) is 12.7 Å². The normalized spacial score (nSPS) is 34.4. The number of hydrogen-bond donors (Lipinski definition) is 2. The SMILES string of the molecule is CC(C)C1CCCC(NC(=O)[C@H]2NCCO[C@@H]2C)C1.Cl. The molecular weight excluding hydrogens is 276 g/mol. The van der Waals surface area contributed by atoms with E-state index in [9.17, 15) is 4.79 Å². The van der Waals surface area contributed by atoms with Crippen LogP contribution in [0.2, 0.25) is 0 Å². The minimum absolute atomic E-state index is 0. The maximum Gasteiger partial charge on any atom is 0.240 e. The van der Waals surface area contributed by atoms with Crippen molar-refractivity contribution in [1.29, 1.82) is 0 Å². The molecule has 0 spiro atoms. The van der Waals surface area contributed by atoms with Crippen molar-refractivity contribution in [2.75, 3.05) is 13.2 Å². The van der Waals surface area contributed by atoms with Crippen LogP contribution >= 0.6 is 12.4 Å². The van der Waals surface area contributed by atoms with Crippen molar-refractivity contribution >= 4 is 18.3 Å². The molecule has 2 aliphatic rings. The van der Waals surface area contributed by atoms with E-state index in [1.807, 2.05) is 6.92 Å². The molecule has 1 heterocycles. The largest absolute Gasteiger partial charge is 0.375 e. The predicted molar refractivity (Wildman–Crippen MR) is 83.2 cm³/mol. The highest BCUT2D eigenvalue weighted by Crippen LogP contribution is 2.30. The van der Waals surface area contributed by atoms with Gasteiger partial charge in [0.2, 0.25) is 5.91 Å². The minimum atomic E-state index is -0.187. The molecule has 1 amide bonds. The average molecular weight is 305 g/mol. The van der Waals surface area contributed by atoms with Crippen molar-refractivity contribution in [3.8, 4) is 0 Å². The van der Waals surface area contributed by atoms with Gasteiger partial charge in [0.15, 0.2) is 0 Å². The van der Waals surface area contributed by atoms with Gasteiger partial charge in [-0.1, -0.05) is 26.7 Å². The van der Waals surface area contributed by atoms with E-state index in [0.717, 1.165) is 31.2 Å². The van der Waals surface area contributed by atoms with Crippen LogP contribution in [0, 0.1) is 11.8 Å². The fraction of sp³-hybridized carbons (Fsp3) is 0.933. The Morgan fingerprint density at radius 2 is 2.10 bits per heavy atom. The summed E-state index contributed by atoms with van der Waals surface area (Å²) in [5.41, 5.74) is 0. The molecule has 0 bridgehead atoms. The molecule has 0 aromatic rings. The monoisotopic (exact) mass is 304 g/mol. The number of hydrogen-bond acceptors (Lipinski definition) is 3. The van der Waals surface area contributed by atoms with Gasteiger partial charge in [-0.3, -0.25) is 4.79 Å². The molecule has 4 atom stereocenters. The fourth-order valence-electron chi connectivity index (χ4n) is 3.28. The molecule has 1 aliphatic heterocycles. The number of amides is 1. The number of ether oxygens (including phenoxy) is 1. The Bertz CT molecular complexity index is 312. The van der Waals surface area contributed by atoms with E-state index in [2.05, 4.69) is 24.5 Å². The third kappa shape index (κ3) is 4.61. The van der Waals surface area contributed by atoms with Gasteiger partial charge in [-0.05, 0) is 31.6 Å². The fourth-order valence-corrected chi connectivity index (χ4v) is 3.28. The zero-order valence-electron chi connectivity index (χ0n) is 12.9. The second kappa shape index (κ2) is 8.20.